The van der Waals surface area contributed by atoms with Crippen molar-refractivity contribution < 1.29 is 13.7 Å². The average Bonchev–Trinajstić information content (AvgIpc) is 3.12. The summed E-state index contributed by atoms with van der Waals surface area (Å²) in [5.41, 5.74) is 3.49. The van der Waals surface area contributed by atoms with Gasteiger partial charge in [0.25, 0.3) is 0 Å². The molecule has 0 aliphatic rings. The zero-order valence-corrected chi connectivity index (χ0v) is 17.4. The Hall–Kier alpha value is -2.25. The zero-order valence-electron chi connectivity index (χ0n) is 16.6. The normalized spacial score (nSPS) is 12.6. The van der Waals surface area contributed by atoms with Crippen LogP contribution in [-0.2, 0) is 21.3 Å². The molecule has 0 saturated carbocycles. The minimum absolute atomic E-state index is 0.207. The molecule has 0 saturated heterocycles. The van der Waals surface area contributed by atoms with Crippen molar-refractivity contribution in [2.75, 3.05) is 19.8 Å². The molecule has 6 nitrogen and oxygen atoms in total. The molecule has 0 radical (unpaired) electrons. The number of benzene rings is 1. The summed E-state index contributed by atoms with van der Waals surface area (Å²) in [5, 5.41) is 0.473. The van der Waals surface area contributed by atoms with E-state index in [1.807, 2.05) is 37.3 Å². The molecule has 1 aromatic carbocycles. The summed E-state index contributed by atoms with van der Waals surface area (Å²) in [6.45, 7) is 8.14. The van der Waals surface area contributed by atoms with E-state index in [1.54, 1.807) is 6.20 Å². The fourth-order valence-electron chi connectivity index (χ4n) is 3.07. The molecule has 0 bridgehead atoms. The Morgan fingerprint density at radius 2 is 2.00 bits per heavy atom. The second-order valence-electron chi connectivity index (χ2n) is 6.77. The van der Waals surface area contributed by atoms with Crippen molar-refractivity contribution in [3.63, 3.8) is 0 Å². The Balaban J connectivity index is 1.76. The summed E-state index contributed by atoms with van der Waals surface area (Å²) >= 11 is 0. The first-order valence-electron chi connectivity index (χ1n) is 9.61. The topological polar surface area (TPSA) is 77.1 Å². The number of H-pyrrole nitrogens is 1. The van der Waals surface area contributed by atoms with Crippen LogP contribution in [0.2, 0.25) is 0 Å². The second kappa shape index (κ2) is 9.80. The number of ether oxygens (including phenoxy) is 2. The van der Waals surface area contributed by atoms with Crippen molar-refractivity contribution in [1.82, 2.24) is 15.0 Å². The number of para-hydroxylation sites is 2. The van der Waals surface area contributed by atoms with Crippen LogP contribution in [-0.4, -0.2) is 39.0 Å². The van der Waals surface area contributed by atoms with Gasteiger partial charge in [-0.25, -0.2) is 4.98 Å². The molecule has 3 aromatic rings. The molecule has 0 aliphatic heterocycles. The Morgan fingerprint density at radius 3 is 2.75 bits per heavy atom. The van der Waals surface area contributed by atoms with Crippen molar-refractivity contribution in [3.05, 3.63) is 47.8 Å². The van der Waals surface area contributed by atoms with Crippen LogP contribution >= 0.6 is 0 Å². The predicted molar refractivity (Wildman–Crippen MR) is 111 cm³/mol. The predicted octanol–water partition coefficient (Wildman–Crippen LogP) is 4.19. The highest BCUT2D eigenvalue weighted by molar-refractivity contribution is 7.84. The van der Waals surface area contributed by atoms with E-state index in [-0.39, 0.29) is 5.92 Å². The van der Waals surface area contributed by atoms with Crippen molar-refractivity contribution in [2.24, 2.45) is 0 Å². The van der Waals surface area contributed by atoms with Gasteiger partial charge in [0.1, 0.15) is 5.75 Å². The molecule has 150 valence electrons. The number of rotatable bonds is 10. The quantitative estimate of drug-likeness (QED) is 0.515. The van der Waals surface area contributed by atoms with E-state index in [0.29, 0.717) is 30.7 Å². The highest BCUT2D eigenvalue weighted by atomic mass is 32.2. The molecule has 0 aliphatic carbocycles. The number of aromatic nitrogens is 3. The highest BCUT2D eigenvalue weighted by Crippen LogP contribution is 2.30. The molecule has 0 amide bonds. The van der Waals surface area contributed by atoms with E-state index >= 15 is 0 Å². The summed E-state index contributed by atoms with van der Waals surface area (Å²) in [4.78, 5) is 12.1. The molecular formula is C21H27N3O3S. The number of hydrogen-bond donors (Lipinski definition) is 1. The summed E-state index contributed by atoms with van der Waals surface area (Å²) in [6.07, 6.45) is 2.54. The van der Waals surface area contributed by atoms with Gasteiger partial charge in [-0.1, -0.05) is 26.0 Å². The Morgan fingerprint density at radius 1 is 1.18 bits per heavy atom. The zero-order chi connectivity index (χ0) is 19.9. The van der Waals surface area contributed by atoms with E-state index in [2.05, 4.69) is 28.8 Å². The van der Waals surface area contributed by atoms with Gasteiger partial charge in [0.05, 0.1) is 39.9 Å². The molecule has 28 heavy (non-hydrogen) atoms. The lowest BCUT2D eigenvalue weighted by atomic mass is 10.0. The fourth-order valence-corrected chi connectivity index (χ4v) is 4.11. The molecule has 2 aromatic heterocycles. The van der Waals surface area contributed by atoms with E-state index in [1.165, 1.54) is 0 Å². The lowest BCUT2D eigenvalue weighted by Crippen LogP contribution is -2.10. The van der Waals surface area contributed by atoms with Crippen LogP contribution in [0.4, 0.5) is 0 Å². The van der Waals surface area contributed by atoms with Gasteiger partial charge in [0.2, 0.25) is 0 Å². The molecular weight excluding hydrogens is 374 g/mol. The number of hydrogen-bond acceptors (Lipinski definition) is 5. The smallest absolute Gasteiger partial charge is 0.197 e. The number of pyridine rings is 1. The minimum atomic E-state index is -1.32. The molecule has 2 heterocycles. The van der Waals surface area contributed by atoms with Gasteiger partial charge in [-0.3, -0.25) is 9.19 Å². The third kappa shape index (κ3) is 4.97. The molecule has 0 spiro atoms. The van der Waals surface area contributed by atoms with Crippen LogP contribution in [0.5, 0.6) is 5.75 Å². The summed E-state index contributed by atoms with van der Waals surface area (Å²) in [7, 11) is -1.32. The van der Waals surface area contributed by atoms with Crippen LogP contribution in [0.3, 0.4) is 0 Å². The second-order valence-corrected chi connectivity index (χ2v) is 8.14. The number of aromatic amines is 1. The van der Waals surface area contributed by atoms with Gasteiger partial charge < -0.3 is 14.5 Å². The van der Waals surface area contributed by atoms with E-state index in [4.69, 9.17) is 9.47 Å². The largest absolute Gasteiger partial charge is 0.493 e. The van der Waals surface area contributed by atoms with E-state index in [9.17, 15) is 4.21 Å². The lowest BCUT2D eigenvalue weighted by Gasteiger charge is -2.17. The van der Waals surface area contributed by atoms with Crippen LogP contribution in [0.1, 0.15) is 44.4 Å². The standard InChI is InChI=1S/C21H27N3O3S/c1-4-26-12-7-13-27-19-10-11-22-18(20(19)15(2)3)14-28(25)21-23-16-8-5-6-9-17(16)24-21/h5-6,8-11,15H,4,7,12-14H2,1-3H3,(H,23,24). The Labute approximate surface area is 168 Å². The Kier molecular flexibility index (Phi) is 7.17. The van der Waals surface area contributed by atoms with Crippen molar-refractivity contribution >= 4 is 21.8 Å². The van der Waals surface area contributed by atoms with Crippen LogP contribution in [0, 0.1) is 0 Å². The number of nitrogens with zero attached hydrogens (tertiary/aromatic N) is 2. The molecule has 0 fully saturated rings. The van der Waals surface area contributed by atoms with Gasteiger partial charge in [-0.05, 0) is 31.0 Å². The highest BCUT2D eigenvalue weighted by Gasteiger charge is 2.19. The number of nitrogens with one attached hydrogen (secondary N) is 1. The SMILES string of the molecule is CCOCCCOc1ccnc(CS(=O)c2nc3ccccc3[nH]2)c1C(C)C. The molecule has 7 heteroatoms. The van der Waals surface area contributed by atoms with Gasteiger partial charge in [0, 0.05) is 31.4 Å². The summed E-state index contributed by atoms with van der Waals surface area (Å²) < 4.78 is 24.3. The van der Waals surface area contributed by atoms with E-state index in [0.717, 1.165) is 34.5 Å². The van der Waals surface area contributed by atoms with Crippen LogP contribution in [0.15, 0.2) is 41.7 Å². The minimum Gasteiger partial charge on any atom is -0.493 e. The first-order chi connectivity index (χ1) is 13.6. The van der Waals surface area contributed by atoms with Gasteiger partial charge in [-0.15, -0.1) is 0 Å². The van der Waals surface area contributed by atoms with Crippen molar-refractivity contribution in [2.45, 2.75) is 44.0 Å². The first-order valence-corrected chi connectivity index (χ1v) is 10.9. The molecule has 3 rings (SSSR count). The van der Waals surface area contributed by atoms with Crippen molar-refractivity contribution in [3.8, 4) is 5.75 Å². The monoisotopic (exact) mass is 401 g/mol. The maximum Gasteiger partial charge on any atom is 0.197 e. The number of fused-ring (bicyclic) bond motifs is 1. The first kappa shape index (κ1) is 20.5. The lowest BCUT2D eigenvalue weighted by molar-refractivity contribution is 0.130. The van der Waals surface area contributed by atoms with Gasteiger partial charge >= 0.3 is 0 Å². The number of imidazole rings is 1. The van der Waals surface area contributed by atoms with Gasteiger partial charge in [0.15, 0.2) is 5.16 Å². The average molecular weight is 402 g/mol. The van der Waals surface area contributed by atoms with Crippen molar-refractivity contribution in [1.29, 1.82) is 0 Å². The van der Waals surface area contributed by atoms with Crippen LogP contribution < -0.4 is 4.74 Å². The molecule has 1 N–H and O–H groups in total. The molecule has 1 unspecified atom stereocenters. The fraction of sp³-hybridized carbons (Fsp3) is 0.429. The summed E-state index contributed by atoms with van der Waals surface area (Å²) in [6, 6.07) is 9.56. The maximum atomic E-state index is 12.9. The maximum absolute atomic E-state index is 12.9. The van der Waals surface area contributed by atoms with Gasteiger partial charge in [-0.2, -0.15) is 0 Å². The Bertz CT molecular complexity index is 907. The van der Waals surface area contributed by atoms with E-state index < -0.39 is 10.8 Å². The summed E-state index contributed by atoms with van der Waals surface area (Å²) in [5.74, 6) is 1.31. The van der Waals surface area contributed by atoms with Crippen LogP contribution in [0.25, 0.3) is 11.0 Å². The molecule has 1 atom stereocenters. The third-order valence-electron chi connectivity index (χ3n) is 4.36. The third-order valence-corrected chi connectivity index (χ3v) is 5.52.